The highest BCUT2D eigenvalue weighted by molar-refractivity contribution is 7.10. The molecule has 0 aliphatic carbocycles. The zero-order valence-electron chi connectivity index (χ0n) is 14.6. The lowest BCUT2D eigenvalue weighted by atomic mass is 10.0. The van der Waals surface area contributed by atoms with E-state index in [0.29, 0.717) is 12.5 Å². The van der Waals surface area contributed by atoms with Crippen molar-refractivity contribution >= 4 is 17.3 Å². The van der Waals surface area contributed by atoms with Gasteiger partial charge in [0.05, 0.1) is 6.54 Å². The lowest BCUT2D eigenvalue weighted by Gasteiger charge is -2.21. The Hall–Kier alpha value is -1.85. The Bertz CT molecular complexity index is 623. The second-order valence-electron chi connectivity index (χ2n) is 6.14. The number of guanidine groups is 1. The van der Waals surface area contributed by atoms with Crippen molar-refractivity contribution in [3.05, 3.63) is 58.3 Å². The number of hydrogen-bond acceptors (Lipinski definition) is 3. The lowest BCUT2D eigenvalue weighted by Crippen LogP contribution is -2.40. The van der Waals surface area contributed by atoms with Crippen LogP contribution in [0.2, 0.25) is 0 Å². The Balaban J connectivity index is 1.96. The van der Waals surface area contributed by atoms with Crippen molar-refractivity contribution in [3.8, 4) is 0 Å². The molecule has 0 saturated heterocycles. The van der Waals surface area contributed by atoms with Gasteiger partial charge < -0.3 is 15.7 Å². The van der Waals surface area contributed by atoms with Crippen LogP contribution in [-0.4, -0.2) is 30.7 Å². The van der Waals surface area contributed by atoms with E-state index in [2.05, 4.69) is 46.8 Å². The predicted octanol–water partition coefficient (Wildman–Crippen LogP) is 3.31. The molecule has 130 valence electrons. The van der Waals surface area contributed by atoms with Crippen LogP contribution in [0.5, 0.6) is 0 Å². The van der Waals surface area contributed by atoms with E-state index in [1.807, 2.05) is 30.5 Å². The average molecular weight is 346 g/mol. The molecule has 1 heterocycles. The largest absolute Gasteiger partial charge is 0.383 e. The minimum atomic E-state index is -0.943. The average Bonchev–Trinajstić information content (AvgIpc) is 3.13. The van der Waals surface area contributed by atoms with Gasteiger partial charge in [-0.25, -0.2) is 4.99 Å². The van der Waals surface area contributed by atoms with Crippen LogP contribution >= 0.6 is 11.3 Å². The van der Waals surface area contributed by atoms with Crippen molar-refractivity contribution in [3.63, 3.8) is 0 Å². The van der Waals surface area contributed by atoms with Crippen molar-refractivity contribution < 1.29 is 5.11 Å². The van der Waals surface area contributed by atoms with E-state index >= 15 is 0 Å². The molecule has 24 heavy (non-hydrogen) atoms. The molecule has 1 aromatic carbocycles. The van der Waals surface area contributed by atoms with Gasteiger partial charge in [-0.15, -0.1) is 11.3 Å². The molecule has 2 aromatic rings. The highest BCUT2D eigenvalue weighted by Crippen LogP contribution is 2.25. The fourth-order valence-corrected chi connectivity index (χ4v) is 3.17. The van der Waals surface area contributed by atoms with Crippen molar-refractivity contribution in [2.75, 3.05) is 19.6 Å². The van der Waals surface area contributed by atoms with Gasteiger partial charge in [-0.1, -0.05) is 43.3 Å². The van der Waals surface area contributed by atoms with E-state index in [1.54, 1.807) is 18.3 Å². The summed E-state index contributed by atoms with van der Waals surface area (Å²) in [4.78, 5) is 5.49. The van der Waals surface area contributed by atoms with E-state index in [4.69, 9.17) is 0 Å². The molecule has 0 fully saturated rings. The van der Waals surface area contributed by atoms with Crippen LogP contribution < -0.4 is 10.6 Å². The first-order valence-corrected chi connectivity index (χ1v) is 9.24. The Morgan fingerprint density at radius 2 is 1.96 bits per heavy atom. The van der Waals surface area contributed by atoms with Crippen molar-refractivity contribution in [1.29, 1.82) is 0 Å². The Kier molecular flexibility index (Phi) is 6.82. The molecule has 0 aliphatic heterocycles. The second kappa shape index (κ2) is 8.85. The summed E-state index contributed by atoms with van der Waals surface area (Å²) in [7, 11) is 0. The van der Waals surface area contributed by atoms with Gasteiger partial charge in [0, 0.05) is 18.0 Å². The first-order chi connectivity index (χ1) is 11.5. The maximum absolute atomic E-state index is 10.6. The van der Waals surface area contributed by atoms with E-state index in [0.717, 1.165) is 23.9 Å². The zero-order valence-corrected chi connectivity index (χ0v) is 15.4. The van der Waals surface area contributed by atoms with E-state index in [1.165, 1.54) is 5.56 Å². The maximum atomic E-state index is 10.6. The number of aliphatic imine (C=N–C) groups is 1. The van der Waals surface area contributed by atoms with Crippen LogP contribution in [0.25, 0.3) is 0 Å². The number of nitrogens with one attached hydrogen (secondary N) is 2. The first kappa shape index (κ1) is 18.5. The second-order valence-corrected chi connectivity index (χ2v) is 7.09. The lowest BCUT2D eigenvalue weighted by molar-refractivity contribution is 0.0711. The molecule has 0 bridgehead atoms. The summed E-state index contributed by atoms with van der Waals surface area (Å²) in [6.45, 7) is 7.92. The fraction of sp³-hybridized carbons (Fsp3) is 0.421. The normalized spacial score (nSPS) is 15.6. The Labute approximate surface area is 148 Å². The Morgan fingerprint density at radius 3 is 2.58 bits per heavy atom. The number of nitrogens with zero attached hydrogens (tertiary/aromatic N) is 1. The SMILES string of the molecule is CCNC(=NCC(C)(O)c1cccs1)NCC(C)c1ccccc1. The third-order valence-electron chi connectivity index (χ3n) is 3.89. The van der Waals surface area contributed by atoms with Gasteiger partial charge in [0.2, 0.25) is 0 Å². The molecule has 1 aromatic heterocycles. The van der Waals surface area contributed by atoms with Gasteiger partial charge in [-0.3, -0.25) is 0 Å². The summed E-state index contributed by atoms with van der Waals surface area (Å²) in [6.07, 6.45) is 0. The number of benzene rings is 1. The summed E-state index contributed by atoms with van der Waals surface area (Å²) < 4.78 is 0. The molecule has 0 radical (unpaired) electrons. The molecule has 0 spiro atoms. The van der Waals surface area contributed by atoms with Crippen LogP contribution in [0.15, 0.2) is 52.8 Å². The first-order valence-electron chi connectivity index (χ1n) is 8.36. The third kappa shape index (κ3) is 5.35. The number of hydrogen-bond donors (Lipinski definition) is 3. The summed E-state index contributed by atoms with van der Waals surface area (Å²) in [5.74, 6) is 1.12. The van der Waals surface area contributed by atoms with Crippen LogP contribution in [0.4, 0.5) is 0 Å². The van der Waals surface area contributed by atoms with Gasteiger partial charge >= 0.3 is 0 Å². The topological polar surface area (TPSA) is 56.7 Å². The van der Waals surface area contributed by atoms with Crippen molar-refractivity contribution in [1.82, 2.24) is 10.6 Å². The van der Waals surface area contributed by atoms with E-state index in [-0.39, 0.29) is 0 Å². The molecular formula is C19H27N3OS. The summed E-state index contributed by atoms with van der Waals surface area (Å²) in [5, 5.41) is 19.2. The molecule has 3 N–H and O–H groups in total. The van der Waals surface area contributed by atoms with Gasteiger partial charge in [0.15, 0.2) is 5.96 Å². The highest BCUT2D eigenvalue weighted by atomic mass is 32.1. The zero-order chi connectivity index (χ0) is 17.4. The third-order valence-corrected chi connectivity index (χ3v) is 5.01. The minimum absolute atomic E-state index is 0.322. The molecule has 2 atom stereocenters. The van der Waals surface area contributed by atoms with Crippen molar-refractivity contribution in [2.45, 2.75) is 32.3 Å². The van der Waals surface area contributed by atoms with Gasteiger partial charge in [-0.2, -0.15) is 0 Å². The fourth-order valence-electron chi connectivity index (χ4n) is 2.39. The monoisotopic (exact) mass is 345 g/mol. The van der Waals surface area contributed by atoms with E-state index in [9.17, 15) is 5.11 Å². The Morgan fingerprint density at radius 1 is 1.21 bits per heavy atom. The molecule has 0 aliphatic rings. The van der Waals surface area contributed by atoms with Crippen LogP contribution in [0.1, 0.15) is 37.1 Å². The molecule has 4 nitrogen and oxygen atoms in total. The van der Waals surface area contributed by atoms with Crippen LogP contribution in [-0.2, 0) is 5.60 Å². The molecule has 2 rings (SSSR count). The van der Waals surface area contributed by atoms with Crippen LogP contribution in [0.3, 0.4) is 0 Å². The molecule has 0 saturated carbocycles. The van der Waals surface area contributed by atoms with Crippen molar-refractivity contribution in [2.24, 2.45) is 4.99 Å². The van der Waals surface area contributed by atoms with Gasteiger partial charge in [0.25, 0.3) is 0 Å². The summed E-state index contributed by atoms with van der Waals surface area (Å²) in [5.41, 5.74) is 0.355. The van der Waals surface area contributed by atoms with Gasteiger partial charge in [0.1, 0.15) is 5.60 Å². The summed E-state index contributed by atoms with van der Waals surface area (Å²) >= 11 is 1.55. The summed E-state index contributed by atoms with van der Waals surface area (Å²) in [6, 6.07) is 14.3. The standard InChI is InChI=1S/C19H27N3OS/c1-4-20-18(21-13-15(2)16-9-6-5-7-10-16)22-14-19(3,23)17-11-8-12-24-17/h5-12,15,23H,4,13-14H2,1-3H3,(H2,20,21,22). The van der Waals surface area contributed by atoms with E-state index < -0.39 is 5.60 Å². The predicted molar refractivity (Wildman–Crippen MR) is 103 cm³/mol. The maximum Gasteiger partial charge on any atom is 0.191 e. The smallest absolute Gasteiger partial charge is 0.191 e. The molecule has 0 amide bonds. The number of rotatable bonds is 7. The number of aliphatic hydroxyl groups is 1. The molecule has 2 unspecified atom stereocenters. The molecular weight excluding hydrogens is 318 g/mol. The van der Waals surface area contributed by atoms with Gasteiger partial charge in [-0.05, 0) is 36.8 Å². The minimum Gasteiger partial charge on any atom is -0.383 e. The number of thiophene rings is 1. The highest BCUT2D eigenvalue weighted by Gasteiger charge is 2.24. The van der Waals surface area contributed by atoms with Crippen LogP contribution in [0, 0.1) is 0 Å². The quantitative estimate of drug-likeness (QED) is 0.533. The molecule has 5 heteroatoms.